The summed E-state index contributed by atoms with van der Waals surface area (Å²) in [6, 6.07) is 9.69. The van der Waals surface area contributed by atoms with E-state index in [1.165, 1.54) is 11.3 Å². The molecule has 0 aliphatic heterocycles. The standard InChI is InChI=1S/C14H11ClN2S/c1-9-10(2)18-14(12(9)7-16)17-8-11-5-3-4-6-13(11)15/h3-6,8H,1-2H3/b17-8+. The van der Waals surface area contributed by atoms with Crippen molar-refractivity contribution in [2.75, 3.05) is 0 Å². The predicted molar refractivity (Wildman–Crippen MR) is 77.2 cm³/mol. The van der Waals surface area contributed by atoms with Crippen molar-refractivity contribution in [1.82, 2.24) is 0 Å². The van der Waals surface area contributed by atoms with Crippen LogP contribution in [0.2, 0.25) is 5.02 Å². The van der Waals surface area contributed by atoms with Crippen molar-refractivity contribution in [3.05, 3.63) is 50.9 Å². The van der Waals surface area contributed by atoms with E-state index in [9.17, 15) is 0 Å². The van der Waals surface area contributed by atoms with E-state index >= 15 is 0 Å². The fraction of sp³-hybridized carbons (Fsp3) is 0.143. The van der Waals surface area contributed by atoms with Crippen LogP contribution in [-0.2, 0) is 0 Å². The van der Waals surface area contributed by atoms with Crippen LogP contribution in [0.15, 0.2) is 29.3 Å². The Hall–Kier alpha value is -1.63. The average Bonchev–Trinajstić information content (AvgIpc) is 2.64. The number of aryl methyl sites for hydroxylation is 1. The highest BCUT2D eigenvalue weighted by Crippen LogP contribution is 2.34. The van der Waals surface area contributed by atoms with Gasteiger partial charge in [-0.1, -0.05) is 29.8 Å². The molecule has 0 bridgehead atoms. The van der Waals surface area contributed by atoms with Crippen LogP contribution in [0.3, 0.4) is 0 Å². The summed E-state index contributed by atoms with van der Waals surface area (Å²) in [5.74, 6) is 0. The van der Waals surface area contributed by atoms with Gasteiger partial charge in [0.1, 0.15) is 11.1 Å². The van der Waals surface area contributed by atoms with Crippen LogP contribution in [-0.4, -0.2) is 6.21 Å². The number of nitriles is 1. The normalized spacial score (nSPS) is 10.8. The van der Waals surface area contributed by atoms with E-state index in [1.54, 1.807) is 6.21 Å². The van der Waals surface area contributed by atoms with E-state index in [4.69, 9.17) is 16.9 Å². The molecule has 1 heterocycles. The number of nitrogens with zero attached hydrogens (tertiary/aromatic N) is 2. The Morgan fingerprint density at radius 3 is 2.72 bits per heavy atom. The molecule has 0 saturated carbocycles. The highest BCUT2D eigenvalue weighted by Gasteiger charge is 2.10. The molecule has 0 N–H and O–H groups in total. The zero-order chi connectivity index (χ0) is 13.1. The number of hydrogen-bond donors (Lipinski definition) is 0. The van der Waals surface area contributed by atoms with Gasteiger partial charge in [-0.15, -0.1) is 11.3 Å². The zero-order valence-electron chi connectivity index (χ0n) is 10.1. The molecule has 2 nitrogen and oxygen atoms in total. The Labute approximate surface area is 115 Å². The smallest absolute Gasteiger partial charge is 0.134 e. The van der Waals surface area contributed by atoms with Crippen LogP contribution in [0.4, 0.5) is 5.00 Å². The van der Waals surface area contributed by atoms with Crippen molar-refractivity contribution < 1.29 is 0 Å². The van der Waals surface area contributed by atoms with Gasteiger partial charge < -0.3 is 0 Å². The fourth-order valence-electron chi connectivity index (χ4n) is 1.54. The lowest BCUT2D eigenvalue weighted by molar-refractivity contribution is 1.38. The molecule has 0 atom stereocenters. The third kappa shape index (κ3) is 2.45. The van der Waals surface area contributed by atoms with Crippen molar-refractivity contribution in [3.63, 3.8) is 0 Å². The maximum atomic E-state index is 9.12. The molecule has 0 saturated heterocycles. The summed E-state index contributed by atoms with van der Waals surface area (Å²) in [5.41, 5.74) is 2.52. The summed E-state index contributed by atoms with van der Waals surface area (Å²) in [6.07, 6.45) is 1.70. The van der Waals surface area contributed by atoms with Crippen molar-refractivity contribution in [3.8, 4) is 6.07 Å². The fourth-order valence-corrected chi connectivity index (χ4v) is 2.68. The molecule has 0 radical (unpaired) electrons. The van der Waals surface area contributed by atoms with Gasteiger partial charge >= 0.3 is 0 Å². The summed E-state index contributed by atoms with van der Waals surface area (Å²) >= 11 is 7.57. The highest BCUT2D eigenvalue weighted by atomic mass is 35.5. The minimum atomic E-state index is 0.654. The van der Waals surface area contributed by atoms with Crippen LogP contribution in [0.1, 0.15) is 21.6 Å². The number of hydrogen-bond acceptors (Lipinski definition) is 3. The minimum absolute atomic E-state index is 0.654. The second-order valence-corrected chi connectivity index (χ2v) is 5.47. The van der Waals surface area contributed by atoms with Gasteiger partial charge in [0.25, 0.3) is 0 Å². The lowest BCUT2D eigenvalue weighted by Gasteiger charge is -1.95. The second kappa shape index (κ2) is 5.34. The van der Waals surface area contributed by atoms with Gasteiger partial charge in [0.15, 0.2) is 0 Å². The summed E-state index contributed by atoms with van der Waals surface area (Å²) in [6.45, 7) is 3.94. The van der Waals surface area contributed by atoms with Gasteiger partial charge in [0.05, 0.1) is 5.56 Å². The first-order valence-electron chi connectivity index (χ1n) is 5.42. The van der Waals surface area contributed by atoms with Crippen molar-refractivity contribution in [2.24, 2.45) is 4.99 Å². The Morgan fingerprint density at radius 1 is 1.33 bits per heavy atom. The molecule has 2 rings (SSSR count). The first kappa shape index (κ1) is 12.8. The molecule has 18 heavy (non-hydrogen) atoms. The number of thiophene rings is 1. The largest absolute Gasteiger partial charge is 0.244 e. The maximum Gasteiger partial charge on any atom is 0.134 e. The molecule has 1 aromatic heterocycles. The summed E-state index contributed by atoms with van der Waals surface area (Å²) in [4.78, 5) is 5.50. The van der Waals surface area contributed by atoms with E-state index in [0.29, 0.717) is 10.6 Å². The number of halogens is 1. The second-order valence-electron chi connectivity index (χ2n) is 3.85. The van der Waals surface area contributed by atoms with E-state index in [1.807, 2.05) is 38.1 Å². The van der Waals surface area contributed by atoms with Gasteiger partial charge in [0.2, 0.25) is 0 Å². The van der Waals surface area contributed by atoms with Crippen LogP contribution >= 0.6 is 22.9 Å². The number of rotatable bonds is 2. The zero-order valence-corrected chi connectivity index (χ0v) is 11.6. The van der Waals surface area contributed by atoms with E-state index < -0.39 is 0 Å². The van der Waals surface area contributed by atoms with Crippen LogP contribution in [0.5, 0.6) is 0 Å². The van der Waals surface area contributed by atoms with E-state index in [0.717, 1.165) is 21.0 Å². The van der Waals surface area contributed by atoms with Crippen molar-refractivity contribution in [2.45, 2.75) is 13.8 Å². The quantitative estimate of drug-likeness (QED) is 0.735. The Balaban J connectivity index is 2.39. The molecule has 4 heteroatoms. The summed E-state index contributed by atoms with van der Waals surface area (Å²) in [5, 5.41) is 10.5. The molecule has 2 aromatic rings. The molecule has 0 amide bonds. The SMILES string of the molecule is Cc1sc(/N=C/c2ccccc2Cl)c(C#N)c1C. The Morgan fingerprint density at radius 2 is 2.06 bits per heavy atom. The molecule has 0 spiro atoms. The van der Waals surface area contributed by atoms with E-state index in [-0.39, 0.29) is 0 Å². The van der Waals surface area contributed by atoms with Crippen molar-refractivity contribution >= 4 is 34.2 Å². The molecule has 0 fully saturated rings. The number of benzene rings is 1. The molecular formula is C14H11ClN2S. The molecule has 0 unspecified atom stereocenters. The first-order chi connectivity index (χ1) is 8.63. The topological polar surface area (TPSA) is 36.1 Å². The van der Waals surface area contributed by atoms with Gasteiger partial charge in [-0.05, 0) is 25.5 Å². The molecular weight excluding hydrogens is 264 g/mol. The van der Waals surface area contributed by atoms with Crippen LogP contribution in [0, 0.1) is 25.2 Å². The first-order valence-corrected chi connectivity index (χ1v) is 6.61. The van der Waals surface area contributed by atoms with Gasteiger partial charge in [-0.2, -0.15) is 5.26 Å². The average molecular weight is 275 g/mol. The molecule has 0 aliphatic rings. The monoisotopic (exact) mass is 274 g/mol. The van der Waals surface area contributed by atoms with E-state index in [2.05, 4.69) is 11.1 Å². The van der Waals surface area contributed by atoms with Crippen LogP contribution < -0.4 is 0 Å². The molecule has 1 aromatic carbocycles. The van der Waals surface area contributed by atoms with Crippen molar-refractivity contribution in [1.29, 1.82) is 5.26 Å². The lowest BCUT2D eigenvalue weighted by Crippen LogP contribution is -1.81. The summed E-state index contributed by atoms with van der Waals surface area (Å²) in [7, 11) is 0. The van der Waals surface area contributed by atoms with Gasteiger partial charge in [-0.25, -0.2) is 4.99 Å². The Kier molecular flexibility index (Phi) is 3.81. The van der Waals surface area contributed by atoms with Gasteiger partial charge in [0, 0.05) is 21.7 Å². The lowest BCUT2D eigenvalue weighted by atomic mass is 10.2. The summed E-state index contributed by atoms with van der Waals surface area (Å²) < 4.78 is 0. The van der Waals surface area contributed by atoms with Gasteiger partial charge in [-0.3, -0.25) is 0 Å². The third-order valence-corrected chi connectivity index (χ3v) is 4.16. The third-order valence-electron chi connectivity index (χ3n) is 2.70. The highest BCUT2D eigenvalue weighted by molar-refractivity contribution is 7.16. The maximum absolute atomic E-state index is 9.12. The molecule has 0 aliphatic carbocycles. The Bertz CT molecular complexity index is 650. The number of aliphatic imine (C=N–C) groups is 1. The van der Waals surface area contributed by atoms with Crippen LogP contribution in [0.25, 0.3) is 0 Å². The predicted octanol–water partition coefficient (Wildman–Crippen LogP) is 4.64. The minimum Gasteiger partial charge on any atom is -0.244 e. The molecule has 90 valence electrons.